The van der Waals surface area contributed by atoms with Gasteiger partial charge in [0.1, 0.15) is 0 Å². The molecule has 0 saturated heterocycles. The van der Waals surface area contributed by atoms with Crippen molar-refractivity contribution in [1.29, 1.82) is 0 Å². The van der Waals surface area contributed by atoms with Gasteiger partial charge in [-0.3, -0.25) is 0 Å². The third-order valence-electron chi connectivity index (χ3n) is 0. The maximum absolute atomic E-state index is 0. The maximum atomic E-state index is 0. The molecule has 0 aliphatic heterocycles. The van der Waals surface area contributed by atoms with E-state index in [1.54, 1.807) is 0 Å². The van der Waals surface area contributed by atoms with Crippen molar-refractivity contribution in [2.24, 2.45) is 0 Å². The van der Waals surface area contributed by atoms with Crippen molar-refractivity contribution in [2.75, 3.05) is 0 Å². The molecule has 0 amide bonds. The first-order valence-electron chi connectivity index (χ1n) is 0. The Bertz CT molecular complexity index is 8.00. The Labute approximate surface area is 74.6 Å². The molecule has 0 aromatic heterocycles. The van der Waals surface area contributed by atoms with Crippen molar-refractivity contribution in [1.82, 2.24) is 0 Å². The monoisotopic (exact) mass is 245 g/mol. The Morgan fingerprint density at radius 2 is 1.00 bits per heavy atom. The van der Waals surface area contributed by atoms with Gasteiger partial charge in [0, 0.05) is 75.6 Å². The molecule has 0 unspecified atom stereocenters. The van der Waals surface area contributed by atoms with Crippen LogP contribution in [-0.2, 0) is 67.1 Å². The summed E-state index contributed by atoms with van der Waals surface area (Å²) in [6.45, 7) is 0. The van der Waals surface area contributed by atoms with Gasteiger partial charge in [-0.15, -0.1) is 0 Å². The van der Waals surface area contributed by atoms with Gasteiger partial charge in [-0.25, -0.2) is 0 Å². The van der Waals surface area contributed by atoms with E-state index in [1.165, 1.54) is 0 Å². The van der Waals surface area contributed by atoms with Gasteiger partial charge in [-0.2, -0.15) is 0 Å². The van der Waals surface area contributed by atoms with Gasteiger partial charge in [-0.05, 0) is 0 Å². The van der Waals surface area contributed by atoms with E-state index in [1.807, 2.05) is 0 Å². The quantitative estimate of drug-likeness (QED) is 0.511. The molecule has 0 N–H and O–H groups in total. The van der Waals surface area contributed by atoms with Gasteiger partial charge in [0.25, 0.3) is 0 Å². The zero-order valence-corrected chi connectivity index (χ0v) is 8.03. The molecule has 17 valence electrons. The van der Waals surface area contributed by atoms with Crippen LogP contribution in [-0.4, -0.2) is 8.41 Å². The Morgan fingerprint density at radius 3 is 1.00 bits per heavy atom. The molecule has 0 saturated carbocycles. The van der Waals surface area contributed by atoms with Crippen LogP contribution in [0.3, 0.4) is 0 Å². The number of hydrogen-bond donors (Lipinski definition) is 0. The average molecular weight is 246 g/mol. The molecule has 0 spiro atoms. The first-order valence-corrected chi connectivity index (χ1v) is 0. The summed E-state index contributed by atoms with van der Waals surface area (Å²) in [6, 6.07) is 0. The van der Waals surface area contributed by atoms with Crippen LogP contribution in [0.5, 0.6) is 0 Å². The van der Waals surface area contributed by atoms with E-state index < -0.39 is 0 Å². The van der Waals surface area contributed by atoms with Crippen LogP contribution >= 0.6 is 0 Å². The van der Waals surface area contributed by atoms with Crippen LogP contribution in [0.25, 0.3) is 0 Å². The van der Waals surface area contributed by atoms with Crippen molar-refractivity contribution in [2.45, 2.75) is 0 Å². The molecule has 0 aliphatic rings. The van der Waals surface area contributed by atoms with E-state index in [9.17, 15) is 0 Å². The van der Waals surface area contributed by atoms with Crippen LogP contribution in [0.1, 0.15) is 0 Å². The molecule has 4 heavy (non-hydrogen) atoms. The second kappa shape index (κ2) is 18.6. The fourth-order valence-electron chi connectivity index (χ4n) is 0. The van der Waals surface area contributed by atoms with E-state index in [4.69, 9.17) is 0 Å². The molecule has 0 bridgehead atoms. The molecule has 0 atom stereocenters. The van der Waals surface area contributed by atoms with Crippen molar-refractivity contribution >= 4 is 8.41 Å². The first-order chi connectivity index (χ1) is 0. The summed E-state index contributed by atoms with van der Waals surface area (Å²) in [5.41, 5.74) is 0. The molecule has 0 fully saturated rings. The fourth-order valence-corrected chi connectivity index (χ4v) is 0. The zero-order chi connectivity index (χ0) is 0. The van der Waals surface area contributed by atoms with Crippen LogP contribution in [0, 0.1) is 0 Å². The molecular formula is BNbVZr. The van der Waals surface area contributed by atoms with Gasteiger partial charge in [0.05, 0.1) is 0 Å². The summed E-state index contributed by atoms with van der Waals surface area (Å²) >= 11 is 0. The summed E-state index contributed by atoms with van der Waals surface area (Å²) in [7, 11) is 0. The van der Waals surface area contributed by atoms with Crippen LogP contribution in [0.15, 0.2) is 0 Å². The molecule has 5 radical (unpaired) electrons. The second-order valence-electron chi connectivity index (χ2n) is 0. The van der Waals surface area contributed by atoms with E-state index in [0.29, 0.717) is 0 Å². The van der Waals surface area contributed by atoms with Gasteiger partial charge in [0.2, 0.25) is 0 Å². The third-order valence-corrected chi connectivity index (χ3v) is 0. The Hall–Kier alpha value is 2.27. The van der Waals surface area contributed by atoms with Crippen molar-refractivity contribution in [3.63, 3.8) is 0 Å². The minimum atomic E-state index is 0. The molecule has 4 heteroatoms. The summed E-state index contributed by atoms with van der Waals surface area (Å²) in [4.78, 5) is 0. The summed E-state index contributed by atoms with van der Waals surface area (Å²) in [6.07, 6.45) is 0. The predicted molar refractivity (Wildman–Crippen MR) is 5.75 cm³/mol. The van der Waals surface area contributed by atoms with E-state index in [-0.39, 0.29) is 75.6 Å². The van der Waals surface area contributed by atoms with Crippen molar-refractivity contribution in [3.8, 4) is 0 Å². The van der Waals surface area contributed by atoms with Crippen molar-refractivity contribution in [3.05, 3.63) is 0 Å². The fraction of sp³-hybridized carbons (Fsp3) is 0. The van der Waals surface area contributed by atoms with E-state index >= 15 is 0 Å². The van der Waals surface area contributed by atoms with Crippen LogP contribution in [0.4, 0.5) is 0 Å². The van der Waals surface area contributed by atoms with E-state index in [2.05, 4.69) is 0 Å². The van der Waals surface area contributed by atoms with Crippen LogP contribution in [0.2, 0.25) is 0 Å². The van der Waals surface area contributed by atoms with Crippen molar-refractivity contribution < 1.29 is 67.1 Å². The molecule has 0 aliphatic carbocycles. The van der Waals surface area contributed by atoms with E-state index in [0.717, 1.165) is 0 Å². The number of rotatable bonds is 0. The molecular weight excluding hydrogens is 246 g/mol. The zero-order valence-electron chi connectivity index (χ0n) is 1.97. The summed E-state index contributed by atoms with van der Waals surface area (Å²) in [5, 5.41) is 0. The van der Waals surface area contributed by atoms with Gasteiger partial charge in [-0.1, -0.05) is 0 Å². The molecule has 0 nitrogen and oxygen atoms in total. The average Bonchev–Trinajstić information content (AvgIpc) is 0. The SMILES string of the molecule is [B].[Nb].[V].[Zr]. The smallest absolute Gasteiger partial charge is 0 e. The summed E-state index contributed by atoms with van der Waals surface area (Å²) in [5.74, 6) is 0. The molecule has 0 rings (SSSR count). The first kappa shape index (κ1) is 33.8. The Kier molecular flexibility index (Phi) is 157. The van der Waals surface area contributed by atoms with Gasteiger partial charge < -0.3 is 0 Å². The Morgan fingerprint density at radius 1 is 1.00 bits per heavy atom. The second-order valence-corrected chi connectivity index (χ2v) is 0. The minimum absolute atomic E-state index is 0. The molecule has 0 aromatic rings. The summed E-state index contributed by atoms with van der Waals surface area (Å²) < 4.78 is 0. The topological polar surface area (TPSA) is 0 Å². The molecule has 0 aromatic carbocycles. The minimum Gasteiger partial charge on any atom is 0 e. The van der Waals surface area contributed by atoms with Gasteiger partial charge >= 0.3 is 0 Å². The maximum Gasteiger partial charge on any atom is 0 e. The largest absolute Gasteiger partial charge is 0 e. The van der Waals surface area contributed by atoms with Gasteiger partial charge in [0.15, 0.2) is 0 Å². The van der Waals surface area contributed by atoms with Crippen LogP contribution < -0.4 is 0 Å². The number of hydrogen-bond acceptors (Lipinski definition) is 0. The normalized spacial score (nSPS) is 0. The predicted octanol–water partition coefficient (Wildman–Crippen LogP) is -0.388. The molecule has 0 heterocycles. The third kappa shape index (κ3) is 8.86. The Balaban J connectivity index is 0. The standard InChI is InChI=1S/B.Nb.V.Zr.